The molecule has 0 fully saturated rings. The lowest BCUT2D eigenvalue weighted by atomic mass is 10.2. The highest BCUT2D eigenvalue weighted by Gasteiger charge is 2.16. The fourth-order valence-corrected chi connectivity index (χ4v) is 5.66. The molecule has 0 atom stereocenters. The Balaban J connectivity index is 1.79. The van der Waals surface area contributed by atoms with Gasteiger partial charge in [0.25, 0.3) is 0 Å². The van der Waals surface area contributed by atoms with Crippen molar-refractivity contribution in [3.8, 4) is 0 Å². The van der Waals surface area contributed by atoms with E-state index in [1.807, 2.05) is 11.5 Å². The minimum absolute atomic E-state index is 0.0109. The monoisotopic (exact) mass is 490 g/mol. The molecule has 10 heteroatoms. The molecule has 176 valence electrons. The summed E-state index contributed by atoms with van der Waals surface area (Å²) >= 11 is 1.28. The molecule has 8 nitrogen and oxygen atoms in total. The predicted molar refractivity (Wildman–Crippen MR) is 126 cm³/mol. The second kappa shape index (κ2) is 10.9. The van der Waals surface area contributed by atoms with Crippen LogP contribution in [0.15, 0.2) is 52.4 Å². The van der Waals surface area contributed by atoms with Gasteiger partial charge in [-0.25, -0.2) is 13.2 Å². The first-order chi connectivity index (χ1) is 15.7. The fourth-order valence-electron chi connectivity index (χ4n) is 3.24. The van der Waals surface area contributed by atoms with Gasteiger partial charge in [-0.3, -0.25) is 4.79 Å². The number of fused-ring (bicyclic) bond motifs is 1. The maximum absolute atomic E-state index is 12.5. The summed E-state index contributed by atoms with van der Waals surface area (Å²) < 4.78 is 37.6. The predicted octanol–water partition coefficient (Wildman–Crippen LogP) is 3.13. The summed E-state index contributed by atoms with van der Waals surface area (Å²) in [5, 5.41) is 0. The molecule has 1 heterocycles. The Labute approximate surface area is 196 Å². The van der Waals surface area contributed by atoms with Gasteiger partial charge >= 0.3 is 5.97 Å². The van der Waals surface area contributed by atoms with Crippen LogP contribution in [0.5, 0.6) is 0 Å². The molecule has 0 bridgehead atoms. The van der Waals surface area contributed by atoms with E-state index >= 15 is 0 Å². The number of sulfone groups is 1. The standard InChI is InChI=1S/C23H26N2O6S2/c1-16-6-9-18(10-7-16)33(28,29)14-4-5-21(26)24-23-25(12-13-30-2)19-11-8-17(22(27)31-3)15-20(19)32-23/h6-11,15H,4-5,12-14H2,1-3H3. The molecule has 0 saturated heterocycles. The van der Waals surface area contributed by atoms with E-state index in [4.69, 9.17) is 9.47 Å². The van der Waals surface area contributed by atoms with Crippen molar-refractivity contribution >= 4 is 43.3 Å². The number of benzene rings is 2. The van der Waals surface area contributed by atoms with Crippen molar-refractivity contribution in [3.05, 3.63) is 58.4 Å². The first kappa shape index (κ1) is 24.8. The van der Waals surface area contributed by atoms with Gasteiger partial charge in [0, 0.05) is 20.1 Å². The summed E-state index contributed by atoms with van der Waals surface area (Å²) in [5.74, 6) is -0.978. The number of ether oxygens (including phenoxy) is 2. The lowest BCUT2D eigenvalue weighted by Gasteiger charge is -2.05. The van der Waals surface area contributed by atoms with Crippen LogP contribution in [0.2, 0.25) is 0 Å². The number of aromatic nitrogens is 1. The number of carbonyl (C=O) groups excluding carboxylic acids is 2. The summed E-state index contributed by atoms with van der Waals surface area (Å²) in [4.78, 5) is 29.3. The molecule has 0 aliphatic carbocycles. The highest BCUT2D eigenvalue weighted by molar-refractivity contribution is 7.91. The number of hydrogen-bond acceptors (Lipinski definition) is 7. The molecule has 3 rings (SSSR count). The van der Waals surface area contributed by atoms with Crippen LogP contribution in [0.1, 0.15) is 28.8 Å². The number of amides is 1. The average molecular weight is 491 g/mol. The second-order valence-corrected chi connectivity index (χ2v) is 10.6. The number of methoxy groups -OCH3 is 2. The summed E-state index contributed by atoms with van der Waals surface area (Å²) in [5.41, 5.74) is 2.20. The largest absolute Gasteiger partial charge is 0.465 e. The number of nitrogens with zero attached hydrogens (tertiary/aromatic N) is 2. The first-order valence-corrected chi connectivity index (χ1v) is 12.8. The lowest BCUT2D eigenvalue weighted by Crippen LogP contribution is -2.19. The first-order valence-electron chi connectivity index (χ1n) is 10.3. The van der Waals surface area contributed by atoms with Crippen LogP contribution in [0.3, 0.4) is 0 Å². The Morgan fingerprint density at radius 3 is 2.48 bits per heavy atom. The molecule has 33 heavy (non-hydrogen) atoms. The molecule has 0 N–H and O–H groups in total. The Morgan fingerprint density at radius 2 is 1.82 bits per heavy atom. The van der Waals surface area contributed by atoms with Crippen molar-refractivity contribution in [1.82, 2.24) is 4.57 Å². The number of hydrogen-bond donors (Lipinski definition) is 0. The highest BCUT2D eigenvalue weighted by Crippen LogP contribution is 2.20. The minimum Gasteiger partial charge on any atom is -0.465 e. The third-order valence-electron chi connectivity index (χ3n) is 5.03. The van der Waals surface area contributed by atoms with Crippen LogP contribution in [-0.4, -0.2) is 51.4 Å². The van der Waals surface area contributed by atoms with Gasteiger partial charge < -0.3 is 14.0 Å². The molecule has 3 aromatic rings. The van der Waals surface area contributed by atoms with Crippen molar-refractivity contribution in [2.75, 3.05) is 26.6 Å². The van der Waals surface area contributed by atoms with Crippen LogP contribution in [0.4, 0.5) is 0 Å². The topological polar surface area (TPSA) is 104 Å². The maximum atomic E-state index is 12.5. The van der Waals surface area contributed by atoms with E-state index in [0.717, 1.165) is 15.8 Å². The normalized spacial score (nSPS) is 12.3. The van der Waals surface area contributed by atoms with Crippen LogP contribution >= 0.6 is 11.3 Å². The molecular weight excluding hydrogens is 464 g/mol. The Bertz CT molecular complexity index is 1320. The van der Waals surface area contributed by atoms with Crippen LogP contribution in [-0.2, 0) is 30.7 Å². The van der Waals surface area contributed by atoms with E-state index in [1.54, 1.807) is 49.6 Å². The van der Waals surface area contributed by atoms with Gasteiger partial charge in [-0.1, -0.05) is 29.0 Å². The third-order valence-corrected chi connectivity index (χ3v) is 7.88. The van der Waals surface area contributed by atoms with Crippen molar-refractivity contribution < 1.29 is 27.5 Å². The Kier molecular flexibility index (Phi) is 8.17. The second-order valence-electron chi connectivity index (χ2n) is 7.44. The number of esters is 1. The van der Waals surface area contributed by atoms with Crippen LogP contribution in [0.25, 0.3) is 10.2 Å². The third kappa shape index (κ3) is 6.16. The Morgan fingerprint density at radius 1 is 1.09 bits per heavy atom. The van der Waals surface area contributed by atoms with Crippen molar-refractivity contribution in [1.29, 1.82) is 0 Å². The number of rotatable bonds is 9. The van der Waals surface area contributed by atoms with E-state index in [1.165, 1.54) is 18.4 Å². The number of carbonyl (C=O) groups is 2. The van der Waals surface area contributed by atoms with Gasteiger partial charge in [-0.2, -0.15) is 4.99 Å². The SMILES string of the molecule is COCCn1c(=NC(=O)CCCS(=O)(=O)c2ccc(C)cc2)sc2cc(C(=O)OC)ccc21. The fraction of sp³-hybridized carbons (Fsp3) is 0.348. The molecule has 0 aliphatic heterocycles. The summed E-state index contributed by atoms with van der Waals surface area (Å²) in [6.07, 6.45) is 0.186. The molecule has 1 amide bonds. The highest BCUT2D eigenvalue weighted by atomic mass is 32.2. The van der Waals surface area contributed by atoms with Gasteiger partial charge in [0.05, 0.1) is 40.1 Å². The minimum atomic E-state index is -3.46. The molecule has 0 saturated carbocycles. The van der Waals surface area contributed by atoms with E-state index < -0.39 is 21.7 Å². The maximum Gasteiger partial charge on any atom is 0.337 e. The zero-order chi connectivity index (χ0) is 24.0. The Hall–Kier alpha value is -2.82. The van der Waals surface area contributed by atoms with Crippen molar-refractivity contribution in [2.24, 2.45) is 4.99 Å². The van der Waals surface area contributed by atoms with E-state index in [2.05, 4.69) is 4.99 Å². The van der Waals surface area contributed by atoms with Gasteiger partial charge in [-0.05, 0) is 43.7 Å². The van der Waals surface area contributed by atoms with Gasteiger partial charge in [-0.15, -0.1) is 0 Å². The molecule has 0 spiro atoms. The van der Waals surface area contributed by atoms with Crippen LogP contribution < -0.4 is 4.80 Å². The summed E-state index contributed by atoms with van der Waals surface area (Å²) in [7, 11) is -0.557. The molecule has 0 unspecified atom stereocenters. The van der Waals surface area contributed by atoms with E-state index in [9.17, 15) is 18.0 Å². The zero-order valence-electron chi connectivity index (χ0n) is 18.7. The lowest BCUT2D eigenvalue weighted by molar-refractivity contribution is -0.118. The molecule has 2 aromatic carbocycles. The van der Waals surface area contributed by atoms with Gasteiger partial charge in [0.1, 0.15) is 0 Å². The number of thiazole rings is 1. The molecule has 0 aliphatic rings. The smallest absolute Gasteiger partial charge is 0.337 e. The zero-order valence-corrected chi connectivity index (χ0v) is 20.4. The van der Waals surface area contributed by atoms with E-state index in [0.29, 0.717) is 23.5 Å². The van der Waals surface area contributed by atoms with Gasteiger partial charge in [0.15, 0.2) is 14.6 Å². The van der Waals surface area contributed by atoms with E-state index in [-0.39, 0.29) is 23.5 Å². The van der Waals surface area contributed by atoms with Crippen molar-refractivity contribution in [3.63, 3.8) is 0 Å². The van der Waals surface area contributed by atoms with Gasteiger partial charge in [0.2, 0.25) is 5.91 Å². The van der Waals surface area contributed by atoms with Crippen molar-refractivity contribution in [2.45, 2.75) is 31.2 Å². The molecule has 1 aromatic heterocycles. The summed E-state index contributed by atoms with van der Waals surface area (Å²) in [6, 6.07) is 11.8. The number of aryl methyl sites for hydroxylation is 1. The van der Waals surface area contributed by atoms with Crippen LogP contribution in [0, 0.1) is 6.92 Å². The average Bonchev–Trinajstić information content (AvgIpc) is 3.13. The summed E-state index contributed by atoms with van der Waals surface area (Å²) in [6.45, 7) is 2.78. The quantitative estimate of drug-likeness (QED) is 0.427. The molecule has 0 radical (unpaired) electrons. The molecular formula is C23H26N2O6S2.